The molecule has 2 aliphatic rings. The summed E-state index contributed by atoms with van der Waals surface area (Å²) in [5, 5.41) is 2.91. The van der Waals surface area contributed by atoms with E-state index in [1.807, 2.05) is 39.1 Å². The Morgan fingerprint density at radius 1 is 1.11 bits per heavy atom. The van der Waals surface area contributed by atoms with Gasteiger partial charge in [0.15, 0.2) is 0 Å². The van der Waals surface area contributed by atoms with E-state index in [1.54, 1.807) is 4.90 Å². The van der Waals surface area contributed by atoms with Crippen LogP contribution in [0.15, 0.2) is 18.3 Å². The van der Waals surface area contributed by atoms with Crippen molar-refractivity contribution in [2.45, 2.75) is 52.1 Å². The molecule has 1 aromatic heterocycles. The number of amides is 2. The molecule has 7 heteroatoms. The van der Waals surface area contributed by atoms with Crippen LogP contribution in [0, 0.1) is 5.92 Å². The minimum Gasteiger partial charge on any atom is -0.444 e. The number of rotatable bonds is 3. The Morgan fingerprint density at radius 2 is 1.78 bits per heavy atom. The Hall–Kier alpha value is -2.31. The van der Waals surface area contributed by atoms with Gasteiger partial charge in [-0.1, -0.05) is 0 Å². The van der Waals surface area contributed by atoms with Crippen molar-refractivity contribution in [1.82, 2.24) is 9.88 Å². The molecule has 0 aromatic carbocycles. The molecule has 0 spiro atoms. The van der Waals surface area contributed by atoms with Gasteiger partial charge in [-0.25, -0.2) is 9.78 Å². The van der Waals surface area contributed by atoms with Crippen molar-refractivity contribution in [3.05, 3.63) is 18.3 Å². The second kappa shape index (κ2) is 8.15. The van der Waals surface area contributed by atoms with Gasteiger partial charge in [0.05, 0.1) is 11.9 Å². The normalized spacial score (nSPS) is 18.5. The fraction of sp³-hybridized carbons (Fsp3) is 0.650. The first-order valence-corrected chi connectivity index (χ1v) is 9.81. The molecule has 3 heterocycles. The Morgan fingerprint density at radius 3 is 2.33 bits per heavy atom. The van der Waals surface area contributed by atoms with Gasteiger partial charge in [0.1, 0.15) is 11.4 Å². The lowest BCUT2D eigenvalue weighted by Gasteiger charge is -2.32. The largest absolute Gasteiger partial charge is 0.444 e. The molecule has 0 unspecified atom stereocenters. The van der Waals surface area contributed by atoms with Crippen LogP contribution in [0.3, 0.4) is 0 Å². The summed E-state index contributed by atoms with van der Waals surface area (Å²) >= 11 is 0. The van der Waals surface area contributed by atoms with E-state index in [4.69, 9.17) is 4.74 Å². The molecule has 0 bridgehead atoms. The molecule has 1 aromatic rings. The van der Waals surface area contributed by atoms with Crippen LogP contribution in [0.2, 0.25) is 0 Å². The molecule has 2 aliphatic heterocycles. The number of carbonyl (C=O) groups is 2. The number of likely N-dealkylation sites (tertiary alicyclic amines) is 1. The van der Waals surface area contributed by atoms with Gasteiger partial charge in [-0.3, -0.25) is 4.79 Å². The summed E-state index contributed by atoms with van der Waals surface area (Å²) in [6, 6.07) is 3.88. The zero-order valence-corrected chi connectivity index (χ0v) is 16.5. The van der Waals surface area contributed by atoms with Gasteiger partial charge in [0.25, 0.3) is 0 Å². The average molecular weight is 374 g/mol. The standard InChI is InChI=1S/C20H30N4O3/c1-20(2,3)27-19(26)24-12-8-15(9-13-24)18(25)22-17-7-6-16(14-21-17)23-10-4-5-11-23/h6-7,14-15H,4-5,8-13H2,1-3H3,(H,21,22,25). The predicted octanol–water partition coefficient (Wildman–Crippen LogP) is 3.27. The number of piperidine rings is 1. The Bertz CT molecular complexity index is 655. The molecule has 2 fully saturated rings. The first-order chi connectivity index (χ1) is 12.8. The van der Waals surface area contributed by atoms with E-state index in [0.29, 0.717) is 31.7 Å². The van der Waals surface area contributed by atoms with Gasteiger partial charge >= 0.3 is 6.09 Å². The molecule has 0 atom stereocenters. The molecule has 148 valence electrons. The molecule has 27 heavy (non-hydrogen) atoms. The molecule has 3 rings (SSSR count). The van der Waals surface area contributed by atoms with Crippen LogP contribution in [0.5, 0.6) is 0 Å². The average Bonchev–Trinajstić information content (AvgIpc) is 3.16. The van der Waals surface area contributed by atoms with Gasteiger partial charge in [-0.05, 0) is 58.6 Å². The fourth-order valence-electron chi connectivity index (χ4n) is 3.50. The SMILES string of the molecule is CC(C)(C)OC(=O)N1CCC(C(=O)Nc2ccc(N3CCCC3)cn2)CC1. The number of anilines is 2. The van der Waals surface area contributed by atoms with Crippen LogP contribution >= 0.6 is 0 Å². The van der Waals surface area contributed by atoms with Crippen molar-refractivity contribution in [1.29, 1.82) is 0 Å². The van der Waals surface area contributed by atoms with Crippen LogP contribution in [0.4, 0.5) is 16.3 Å². The summed E-state index contributed by atoms with van der Waals surface area (Å²) in [5.74, 6) is 0.446. The van der Waals surface area contributed by atoms with Crippen LogP contribution in [-0.4, -0.2) is 53.7 Å². The Kier molecular flexibility index (Phi) is 5.87. The van der Waals surface area contributed by atoms with E-state index in [1.165, 1.54) is 12.8 Å². The lowest BCUT2D eigenvalue weighted by atomic mass is 9.96. The number of pyridine rings is 1. The zero-order chi connectivity index (χ0) is 19.4. The van der Waals surface area contributed by atoms with E-state index in [9.17, 15) is 9.59 Å². The van der Waals surface area contributed by atoms with Crippen LogP contribution < -0.4 is 10.2 Å². The van der Waals surface area contributed by atoms with Crippen molar-refractivity contribution in [3.8, 4) is 0 Å². The second-order valence-electron chi connectivity index (χ2n) is 8.33. The molecule has 2 amide bonds. The number of nitrogens with zero attached hydrogens (tertiary/aromatic N) is 3. The molecule has 2 saturated heterocycles. The third kappa shape index (κ3) is 5.34. The van der Waals surface area contributed by atoms with E-state index in [2.05, 4.69) is 15.2 Å². The summed E-state index contributed by atoms with van der Waals surface area (Å²) in [6.07, 6.45) is 5.24. The van der Waals surface area contributed by atoms with Gasteiger partial charge in [0, 0.05) is 32.1 Å². The number of carbonyl (C=O) groups excluding carboxylic acids is 2. The molecule has 0 saturated carbocycles. The Labute approximate surface area is 161 Å². The van der Waals surface area contributed by atoms with Crippen molar-refractivity contribution < 1.29 is 14.3 Å². The van der Waals surface area contributed by atoms with Crippen molar-refractivity contribution >= 4 is 23.5 Å². The minimum absolute atomic E-state index is 0.0275. The monoisotopic (exact) mass is 374 g/mol. The minimum atomic E-state index is -0.502. The molecule has 0 aliphatic carbocycles. The summed E-state index contributed by atoms with van der Waals surface area (Å²) in [5.41, 5.74) is 0.606. The third-order valence-corrected chi connectivity index (χ3v) is 4.99. The van der Waals surface area contributed by atoms with Crippen LogP contribution in [0.1, 0.15) is 46.5 Å². The highest BCUT2D eigenvalue weighted by Gasteiger charge is 2.30. The van der Waals surface area contributed by atoms with E-state index >= 15 is 0 Å². The number of ether oxygens (including phenoxy) is 1. The van der Waals surface area contributed by atoms with E-state index < -0.39 is 5.60 Å². The maximum absolute atomic E-state index is 12.5. The van der Waals surface area contributed by atoms with E-state index in [0.717, 1.165) is 18.8 Å². The van der Waals surface area contributed by atoms with Gasteiger partial charge in [-0.2, -0.15) is 0 Å². The smallest absolute Gasteiger partial charge is 0.410 e. The zero-order valence-electron chi connectivity index (χ0n) is 16.5. The number of hydrogen-bond acceptors (Lipinski definition) is 5. The molecule has 1 N–H and O–H groups in total. The van der Waals surface area contributed by atoms with Crippen LogP contribution in [-0.2, 0) is 9.53 Å². The lowest BCUT2D eigenvalue weighted by molar-refractivity contribution is -0.121. The summed E-state index contributed by atoms with van der Waals surface area (Å²) < 4.78 is 5.39. The molecule has 0 radical (unpaired) electrons. The van der Waals surface area contributed by atoms with Gasteiger partial charge in [-0.15, -0.1) is 0 Å². The summed E-state index contributed by atoms with van der Waals surface area (Å²) in [7, 11) is 0. The highest BCUT2D eigenvalue weighted by molar-refractivity contribution is 5.92. The fourth-order valence-corrected chi connectivity index (χ4v) is 3.50. The predicted molar refractivity (Wildman–Crippen MR) is 105 cm³/mol. The first kappa shape index (κ1) is 19.5. The topological polar surface area (TPSA) is 74.8 Å². The molecular formula is C20H30N4O3. The second-order valence-corrected chi connectivity index (χ2v) is 8.33. The van der Waals surface area contributed by atoms with Crippen molar-refractivity contribution in [3.63, 3.8) is 0 Å². The van der Waals surface area contributed by atoms with E-state index in [-0.39, 0.29) is 17.9 Å². The summed E-state index contributed by atoms with van der Waals surface area (Å²) in [4.78, 5) is 33.0. The van der Waals surface area contributed by atoms with Crippen molar-refractivity contribution in [2.75, 3.05) is 36.4 Å². The van der Waals surface area contributed by atoms with Crippen molar-refractivity contribution in [2.24, 2.45) is 5.92 Å². The number of aromatic nitrogens is 1. The number of nitrogens with one attached hydrogen (secondary N) is 1. The van der Waals surface area contributed by atoms with Gasteiger partial charge < -0.3 is 19.9 Å². The molecular weight excluding hydrogens is 344 g/mol. The maximum atomic E-state index is 12.5. The van der Waals surface area contributed by atoms with Gasteiger partial charge in [0.2, 0.25) is 5.91 Å². The maximum Gasteiger partial charge on any atom is 0.410 e. The highest BCUT2D eigenvalue weighted by Crippen LogP contribution is 2.23. The quantitative estimate of drug-likeness (QED) is 0.879. The third-order valence-electron chi connectivity index (χ3n) is 4.99. The Balaban J connectivity index is 1.47. The van der Waals surface area contributed by atoms with Crippen LogP contribution in [0.25, 0.3) is 0 Å². The number of hydrogen-bond donors (Lipinski definition) is 1. The first-order valence-electron chi connectivity index (χ1n) is 9.81. The summed E-state index contributed by atoms with van der Waals surface area (Å²) in [6.45, 7) is 8.78. The molecule has 7 nitrogen and oxygen atoms in total. The lowest BCUT2D eigenvalue weighted by Crippen LogP contribution is -2.43. The highest BCUT2D eigenvalue weighted by atomic mass is 16.6.